The average Bonchev–Trinajstić information content (AvgIpc) is 3.03. The molecule has 142 valence electrons. The monoisotopic (exact) mass is 359 g/mol. The number of amides is 2. The second-order valence-electron chi connectivity index (χ2n) is 7.22. The zero-order valence-corrected chi connectivity index (χ0v) is 15.8. The molecular weight excluding hydrogens is 330 g/mol. The van der Waals surface area contributed by atoms with Crippen LogP contribution >= 0.6 is 0 Å². The van der Waals surface area contributed by atoms with Gasteiger partial charge in [-0.1, -0.05) is 12.1 Å². The van der Waals surface area contributed by atoms with E-state index in [1.54, 1.807) is 4.90 Å². The minimum absolute atomic E-state index is 0.00636. The molecule has 2 heterocycles. The number of nitrogens with one attached hydrogen (secondary N) is 1. The van der Waals surface area contributed by atoms with Crippen molar-refractivity contribution in [2.24, 2.45) is 5.92 Å². The van der Waals surface area contributed by atoms with E-state index in [0.717, 1.165) is 56.1 Å². The molecule has 1 N–H and O–H groups in total. The van der Waals surface area contributed by atoms with Crippen LogP contribution in [0.1, 0.15) is 24.0 Å². The molecule has 2 fully saturated rings. The number of aryl methyl sites for hydroxylation is 1. The highest BCUT2D eigenvalue weighted by atomic mass is 16.5. The minimum atomic E-state index is -0.259. The van der Waals surface area contributed by atoms with Gasteiger partial charge in [0.1, 0.15) is 0 Å². The predicted molar refractivity (Wildman–Crippen MR) is 101 cm³/mol. The summed E-state index contributed by atoms with van der Waals surface area (Å²) >= 11 is 0. The van der Waals surface area contributed by atoms with Crippen molar-refractivity contribution >= 4 is 17.5 Å². The Balaban J connectivity index is 1.47. The van der Waals surface area contributed by atoms with E-state index in [2.05, 4.69) is 10.2 Å². The van der Waals surface area contributed by atoms with Crippen LogP contribution in [0.3, 0.4) is 0 Å². The number of carbonyl (C=O) groups is 2. The first kappa shape index (κ1) is 18.9. The van der Waals surface area contributed by atoms with Crippen LogP contribution in [-0.2, 0) is 14.3 Å². The van der Waals surface area contributed by atoms with E-state index in [4.69, 9.17) is 4.74 Å². The molecule has 2 aliphatic rings. The number of hydrogen-bond donors (Lipinski definition) is 1. The van der Waals surface area contributed by atoms with Gasteiger partial charge in [0.05, 0.1) is 19.1 Å². The summed E-state index contributed by atoms with van der Waals surface area (Å²) in [5, 5.41) is 3.01. The second kappa shape index (κ2) is 8.64. The summed E-state index contributed by atoms with van der Waals surface area (Å²) in [5.74, 6) is -0.230. The normalized spacial score (nSPS) is 21.2. The van der Waals surface area contributed by atoms with Gasteiger partial charge < -0.3 is 15.0 Å². The first-order valence-corrected chi connectivity index (χ1v) is 9.50. The summed E-state index contributed by atoms with van der Waals surface area (Å²) < 4.78 is 5.34. The van der Waals surface area contributed by atoms with Crippen LogP contribution in [0.4, 0.5) is 5.69 Å². The Hall–Kier alpha value is -1.92. The van der Waals surface area contributed by atoms with E-state index in [9.17, 15) is 9.59 Å². The molecule has 1 aromatic rings. The summed E-state index contributed by atoms with van der Waals surface area (Å²) in [6.45, 7) is 9.70. The third-order valence-corrected chi connectivity index (χ3v) is 5.42. The fraction of sp³-hybridized carbons (Fsp3) is 0.600. The largest absolute Gasteiger partial charge is 0.379 e. The van der Waals surface area contributed by atoms with Crippen molar-refractivity contribution in [3.8, 4) is 0 Å². The number of nitrogens with zero attached hydrogens (tertiary/aromatic N) is 2. The second-order valence-corrected chi connectivity index (χ2v) is 7.22. The lowest BCUT2D eigenvalue weighted by atomic mass is 10.1. The maximum absolute atomic E-state index is 12.4. The van der Waals surface area contributed by atoms with Crippen LogP contribution in [0.15, 0.2) is 18.2 Å². The molecular formula is C20H29N3O3. The Morgan fingerprint density at radius 3 is 2.81 bits per heavy atom. The van der Waals surface area contributed by atoms with Gasteiger partial charge in [-0.05, 0) is 44.0 Å². The van der Waals surface area contributed by atoms with Crippen LogP contribution in [0.2, 0.25) is 0 Å². The van der Waals surface area contributed by atoms with Gasteiger partial charge in [-0.15, -0.1) is 0 Å². The maximum Gasteiger partial charge on any atom is 0.227 e. The molecule has 1 unspecified atom stereocenters. The topological polar surface area (TPSA) is 61.9 Å². The van der Waals surface area contributed by atoms with Gasteiger partial charge in [-0.3, -0.25) is 14.5 Å². The number of ether oxygens (including phenoxy) is 1. The standard InChI is InChI=1S/C20H29N3O3/c1-15-5-3-6-18(16(15)2)23-14-17(13-19(23)24)20(25)21-7-4-8-22-9-11-26-12-10-22/h3,5-6,17H,4,7-14H2,1-2H3,(H,21,25). The molecule has 0 radical (unpaired) electrons. The fourth-order valence-electron chi connectivity index (χ4n) is 3.63. The van der Waals surface area contributed by atoms with E-state index >= 15 is 0 Å². The average molecular weight is 359 g/mol. The summed E-state index contributed by atoms with van der Waals surface area (Å²) in [6.07, 6.45) is 1.22. The van der Waals surface area contributed by atoms with Crippen molar-refractivity contribution in [3.05, 3.63) is 29.3 Å². The zero-order valence-electron chi connectivity index (χ0n) is 15.8. The van der Waals surface area contributed by atoms with Crippen molar-refractivity contribution in [2.75, 3.05) is 50.8 Å². The Morgan fingerprint density at radius 2 is 2.04 bits per heavy atom. The van der Waals surface area contributed by atoms with Crippen LogP contribution in [0.5, 0.6) is 0 Å². The Kier molecular flexibility index (Phi) is 6.27. The van der Waals surface area contributed by atoms with E-state index in [-0.39, 0.29) is 17.7 Å². The fourth-order valence-corrected chi connectivity index (χ4v) is 3.63. The number of hydrogen-bond acceptors (Lipinski definition) is 4. The number of carbonyl (C=O) groups excluding carboxylic acids is 2. The van der Waals surface area contributed by atoms with Gasteiger partial charge in [0.2, 0.25) is 11.8 Å². The summed E-state index contributed by atoms with van der Waals surface area (Å²) in [4.78, 5) is 29.0. The lowest BCUT2D eigenvalue weighted by Gasteiger charge is -2.26. The smallest absolute Gasteiger partial charge is 0.227 e. The Labute approximate surface area is 155 Å². The third-order valence-electron chi connectivity index (χ3n) is 5.42. The van der Waals surface area contributed by atoms with Gasteiger partial charge in [0.15, 0.2) is 0 Å². The molecule has 1 atom stereocenters. The van der Waals surface area contributed by atoms with Gasteiger partial charge >= 0.3 is 0 Å². The highest BCUT2D eigenvalue weighted by molar-refractivity contribution is 6.00. The molecule has 1 aromatic carbocycles. The molecule has 0 bridgehead atoms. The van der Waals surface area contributed by atoms with Crippen LogP contribution in [-0.4, -0.2) is 62.7 Å². The summed E-state index contributed by atoms with van der Waals surface area (Å²) in [7, 11) is 0. The van der Waals surface area contributed by atoms with E-state index in [1.807, 2.05) is 32.0 Å². The first-order valence-electron chi connectivity index (χ1n) is 9.50. The van der Waals surface area contributed by atoms with Gasteiger partial charge in [-0.2, -0.15) is 0 Å². The molecule has 0 saturated carbocycles. The van der Waals surface area contributed by atoms with Gasteiger partial charge in [-0.25, -0.2) is 0 Å². The van der Waals surface area contributed by atoms with Gasteiger partial charge in [0.25, 0.3) is 0 Å². The molecule has 26 heavy (non-hydrogen) atoms. The van der Waals surface area contributed by atoms with E-state index in [0.29, 0.717) is 19.5 Å². The molecule has 0 aromatic heterocycles. The molecule has 6 nitrogen and oxygen atoms in total. The third kappa shape index (κ3) is 4.43. The Morgan fingerprint density at radius 1 is 1.27 bits per heavy atom. The van der Waals surface area contributed by atoms with Crippen molar-refractivity contribution in [1.82, 2.24) is 10.2 Å². The number of morpholine rings is 1. The summed E-state index contributed by atoms with van der Waals surface area (Å²) in [6, 6.07) is 5.96. The number of rotatable bonds is 6. The Bertz CT molecular complexity index is 656. The van der Waals surface area contributed by atoms with Gasteiger partial charge in [0, 0.05) is 38.3 Å². The highest BCUT2D eigenvalue weighted by Gasteiger charge is 2.35. The molecule has 3 rings (SSSR count). The molecule has 2 aliphatic heterocycles. The number of benzene rings is 1. The van der Waals surface area contributed by atoms with Crippen LogP contribution in [0, 0.1) is 19.8 Å². The van der Waals surface area contributed by atoms with E-state index < -0.39 is 0 Å². The van der Waals surface area contributed by atoms with Crippen molar-refractivity contribution in [1.29, 1.82) is 0 Å². The van der Waals surface area contributed by atoms with Crippen molar-refractivity contribution in [3.63, 3.8) is 0 Å². The molecule has 2 amide bonds. The summed E-state index contributed by atoms with van der Waals surface area (Å²) in [5.41, 5.74) is 3.19. The SMILES string of the molecule is Cc1cccc(N2CC(C(=O)NCCCN3CCOCC3)CC2=O)c1C. The minimum Gasteiger partial charge on any atom is -0.379 e. The van der Waals surface area contributed by atoms with Crippen molar-refractivity contribution < 1.29 is 14.3 Å². The molecule has 0 spiro atoms. The van der Waals surface area contributed by atoms with Crippen molar-refractivity contribution in [2.45, 2.75) is 26.7 Å². The molecule has 0 aliphatic carbocycles. The number of anilines is 1. The highest BCUT2D eigenvalue weighted by Crippen LogP contribution is 2.29. The zero-order chi connectivity index (χ0) is 18.5. The first-order chi connectivity index (χ1) is 12.6. The lowest BCUT2D eigenvalue weighted by molar-refractivity contribution is -0.126. The van der Waals surface area contributed by atoms with Crippen LogP contribution in [0.25, 0.3) is 0 Å². The van der Waals surface area contributed by atoms with Crippen LogP contribution < -0.4 is 10.2 Å². The lowest BCUT2D eigenvalue weighted by Crippen LogP contribution is -2.39. The quantitative estimate of drug-likeness (QED) is 0.782. The molecule has 2 saturated heterocycles. The molecule has 6 heteroatoms. The predicted octanol–water partition coefficient (Wildman–Crippen LogP) is 1.49. The maximum atomic E-state index is 12.4. The van der Waals surface area contributed by atoms with E-state index in [1.165, 1.54) is 0 Å².